The lowest BCUT2D eigenvalue weighted by Gasteiger charge is -2.15. The summed E-state index contributed by atoms with van der Waals surface area (Å²) in [6.07, 6.45) is 3.42. The minimum absolute atomic E-state index is 0.548. The molecule has 0 radical (unpaired) electrons. The highest BCUT2D eigenvalue weighted by Gasteiger charge is 2.19. The summed E-state index contributed by atoms with van der Waals surface area (Å²) in [5.41, 5.74) is 2.63. The van der Waals surface area contributed by atoms with Crippen LogP contribution < -0.4 is 10.6 Å². The van der Waals surface area contributed by atoms with Crippen molar-refractivity contribution in [3.8, 4) is 0 Å². The van der Waals surface area contributed by atoms with E-state index in [0.717, 1.165) is 58.6 Å². The predicted octanol–water partition coefficient (Wildman–Crippen LogP) is 5.01. The Balaban J connectivity index is 1.92. The van der Waals surface area contributed by atoms with Crippen LogP contribution in [0.5, 0.6) is 0 Å². The Morgan fingerprint density at radius 1 is 0.900 bits per heavy atom. The second-order valence-corrected chi connectivity index (χ2v) is 8.36. The van der Waals surface area contributed by atoms with Crippen LogP contribution in [-0.2, 0) is 0 Å². The van der Waals surface area contributed by atoms with Crippen molar-refractivity contribution in [3.63, 3.8) is 0 Å². The largest absolute Gasteiger partial charge is 0.366 e. The molecular weight excluding hydrogens is 412 g/mol. The van der Waals surface area contributed by atoms with Gasteiger partial charge in [0, 0.05) is 29.4 Å². The highest BCUT2D eigenvalue weighted by atomic mass is 32.1. The summed E-state index contributed by atoms with van der Waals surface area (Å²) in [5.74, 6) is 0. The highest BCUT2D eigenvalue weighted by Crippen LogP contribution is 2.43. The average Bonchev–Trinajstić information content (AvgIpc) is 3.17. The van der Waals surface area contributed by atoms with Crippen LogP contribution in [0.15, 0.2) is 55.0 Å². The van der Waals surface area contributed by atoms with E-state index in [9.17, 15) is 0 Å². The van der Waals surface area contributed by atoms with E-state index in [-0.39, 0.29) is 0 Å². The van der Waals surface area contributed by atoms with Gasteiger partial charge in [-0.15, -0.1) is 21.5 Å². The van der Waals surface area contributed by atoms with Crippen LogP contribution in [0, 0.1) is 0 Å². The Bertz CT molecular complexity index is 1640. The number of thiophene rings is 1. The molecule has 0 aliphatic rings. The van der Waals surface area contributed by atoms with E-state index in [0.29, 0.717) is 5.11 Å². The van der Waals surface area contributed by atoms with Gasteiger partial charge in [0.15, 0.2) is 5.11 Å². The summed E-state index contributed by atoms with van der Waals surface area (Å²) >= 11 is 6.94. The molecule has 0 unspecified atom stereocenters. The van der Waals surface area contributed by atoms with Gasteiger partial charge in [-0.1, -0.05) is 36.4 Å². The first-order valence-corrected chi connectivity index (χ1v) is 10.6. The minimum Gasteiger partial charge on any atom is -0.366 e. The number of rotatable bonds is 1. The second kappa shape index (κ2) is 6.51. The molecule has 8 heteroatoms. The van der Waals surface area contributed by atoms with Crippen LogP contribution in [0.4, 0.5) is 5.69 Å². The van der Waals surface area contributed by atoms with E-state index in [1.165, 1.54) is 0 Å². The molecule has 144 valence electrons. The number of hydrogen-bond donors (Lipinski definition) is 2. The Hall–Kier alpha value is -3.49. The third-order valence-electron chi connectivity index (χ3n) is 5.33. The minimum atomic E-state index is 0.548. The van der Waals surface area contributed by atoms with Crippen LogP contribution in [0.25, 0.3) is 52.9 Å². The second-order valence-electron chi connectivity index (χ2n) is 6.92. The van der Waals surface area contributed by atoms with Crippen LogP contribution in [0.2, 0.25) is 0 Å². The van der Waals surface area contributed by atoms with Gasteiger partial charge in [0.2, 0.25) is 0 Å². The summed E-state index contributed by atoms with van der Waals surface area (Å²) in [4.78, 5) is 9.61. The molecule has 0 saturated carbocycles. The average molecular weight is 427 g/mol. The number of nitrogens with one attached hydrogen (secondary N) is 2. The zero-order chi connectivity index (χ0) is 20.2. The number of hydrogen-bond acceptors (Lipinski definition) is 6. The lowest BCUT2D eigenvalue weighted by Crippen LogP contribution is -2.24. The molecule has 0 bridgehead atoms. The fraction of sp³-hybridized carbons (Fsp3) is 0.0455. The van der Waals surface area contributed by atoms with Crippen LogP contribution >= 0.6 is 23.6 Å². The molecule has 3 aromatic heterocycles. The molecule has 0 amide bonds. The maximum absolute atomic E-state index is 5.37. The standard InChI is InChI=1S/C22H14N6S2/c1-23-22(29)26-14-8-4-7-12-11-5-2-3-6-13(11)17-18-19-15(9-24-10-25-19)30-21(18)28-27-20(17)16(12)14/h2-10H,1H3,(H2,23,26,29). The first-order chi connectivity index (χ1) is 14.8. The van der Waals surface area contributed by atoms with Gasteiger partial charge in [0.05, 0.1) is 15.9 Å². The van der Waals surface area contributed by atoms with Gasteiger partial charge in [-0.25, -0.2) is 9.97 Å². The van der Waals surface area contributed by atoms with Crippen molar-refractivity contribution < 1.29 is 0 Å². The molecule has 6 nitrogen and oxygen atoms in total. The Labute approximate surface area is 180 Å². The summed E-state index contributed by atoms with van der Waals surface area (Å²) in [6, 6.07) is 14.6. The molecule has 0 aliphatic carbocycles. The van der Waals surface area contributed by atoms with Gasteiger partial charge in [-0.3, -0.25) is 0 Å². The predicted molar refractivity (Wildman–Crippen MR) is 128 cm³/mol. The van der Waals surface area contributed by atoms with Crippen molar-refractivity contribution >= 4 is 87.2 Å². The van der Waals surface area contributed by atoms with Crippen molar-refractivity contribution in [1.82, 2.24) is 25.5 Å². The van der Waals surface area contributed by atoms with Crippen molar-refractivity contribution in [2.45, 2.75) is 0 Å². The first kappa shape index (κ1) is 17.4. The molecule has 3 aromatic carbocycles. The molecule has 2 N–H and O–H groups in total. The zero-order valence-electron chi connectivity index (χ0n) is 15.8. The molecule has 3 heterocycles. The van der Waals surface area contributed by atoms with E-state index in [4.69, 9.17) is 12.2 Å². The summed E-state index contributed by atoms with van der Waals surface area (Å²) in [7, 11) is 1.80. The SMILES string of the molecule is CNC(=S)Nc1cccc2c3ccccc3c3c(nnc4sc5cncnc5c43)c12. The zero-order valence-corrected chi connectivity index (χ0v) is 17.4. The van der Waals surface area contributed by atoms with Crippen molar-refractivity contribution in [2.75, 3.05) is 12.4 Å². The van der Waals surface area contributed by atoms with Gasteiger partial charge in [0.1, 0.15) is 16.7 Å². The monoisotopic (exact) mass is 426 g/mol. The molecule has 0 saturated heterocycles. The van der Waals surface area contributed by atoms with E-state index >= 15 is 0 Å². The van der Waals surface area contributed by atoms with Crippen LogP contribution in [0.3, 0.4) is 0 Å². The lowest BCUT2D eigenvalue weighted by molar-refractivity contribution is 1.14. The third kappa shape index (κ3) is 2.38. The van der Waals surface area contributed by atoms with Crippen molar-refractivity contribution in [2.24, 2.45) is 0 Å². The summed E-state index contributed by atoms with van der Waals surface area (Å²) in [5, 5.41) is 22.5. The lowest BCUT2D eigenvalue weighted by atomic mass is 9.95. The van der Waals surface area contributed by atoms with Crippen molar-refractivity contribution in [1.29, 1.82) is 0 Å². The quantitative estimate of drug-likeness (QED) is 0.283. The van der Waals surface area contributed by atoms with Crippen LogP contribution in [-0.4, -0.2) is 32.3 Å². The molecule has 0 atom stereocenters. The number of aromatic nitrogens is 4. The Kier molecular flexibility index (Phi) is 3.77. The fourth-order valence-electron chi connectivity index (χ4n) is 4.09. The molecule has 0 fully saturated rings. The molecule has 0 aliphatic heterocycles. The molecule has 30 heavy (non-hydrogen) atoms. The van der Waals surface area contributed by atoms with E-state index in [1.54, 1.807) is 24.7 Å². The van der Waals surface area contributed by atoms with E-state index in [2.05, 4.69) is 61.1 Å². The topological polar surface area (TPSA) is 75.6 Å². The van der Waals surface area contributed by atoms with Gasteiger partial charge >= 0.3 is 0 Å². The summed E-state index contributed by atoms with van der Waals surface area (Å²) < 4.78 is 1.00. The number of anilines is 1. The molecular formula is C22H14N6S2. The Morgan fingerprint density at radius 3 is 2.57 bits per heavy atom. The number of thiocarbonyl (C=S) groups is 1. The fourth-order valence-corrected chi connectivity index (χ4v) is 5.16. The van der Waals surface area contributed by atoms with E-state index < -0.39 is 0 Å². The van der Waals surface area contributed by atoms with Gasteiger partial charge < -0.3 is 10.6 Å². The normalized spacial score (nSPS) is 11.6. The number of fused-ring (bicyclic) bond motifs is 10. The third-order valence-corrected chi connectivity index (χ3v) is 6.63. The van der Waals surface area contributed by atoms with Gasteiger partial charge in [-0.2, -0.15) is 0 Å². The van der Waals surface area contributed by atoms with Gasteiger partial charge in [0.25, 0.3) is 0 Å². The van der Waals surface area contributed by atoms with Crippen molar-refractivity contribution in [3.05, 3.63) is 55.0 Å². The molecule has 0 spiro atoms. The van der Waals surface area contributed by atoms with Crippen LogP contribution in [0.1, 0.15) is 0 Å². The Morgan fingerprint density at radius 2 is 1.70 bits per heavy atom. The number of nitrogens with zero attached hydrogens (tertiary/aromatic N) is 4. The smallest absolute Gasteiger partial charge is 0.170 e. The van der Waals surface area contributed by atoms with E-state index in [1.807, 2.05) is 18.3 Å². The molecule has 6 rings (SSSR count). The number of benzene rings is 3. The van der Waals surface area contributed by atoms with Gasteiger partial charge in [-0.05, 0) is 34.4 Å². The first-order valence-electron chi connectivity index (χ1n) is 9.37. The molecule has 6 aromatic rings. The highest BCUT2D eigenvalue weighted by molar-refractivity contribution is 7.80. The summed E-state index contributed by atoms with van der Waals surface area (Å²) in [6.45, 7) is 0. The maximum atomic E-state index is 5.37. The maximum Gasteiger partial charge on any atom is 0.170 e.